The fraction of sp³-hybridized carbons (Fsp3) is 0.158. The van der Waals surface area contributed by atoms with Crippen LogP contribution in [0.1, 0.15) is 18.2 Å². The van der Waals surface area contributed by atoms with Gasteiger partial charge in [0, 0.05) is 18.4 Å². The number of aryl methyl sites for hydroxylation is 1. The summed E-state index contributed by atoms with van der Waals surface area (Å²) in [6.45, 7) is 3.32. The fourth-order valence-electron chi connectivity index (χ4n) is 2.51. The molecule has 1 aromatic heterocycles. The molecule has 0 atom stereocenters. The molecule has 0 saturated carbocycles. The molecule has 0 aliphatic carbocycles. The first kappa shape index (κ1) is 18.5. The molecule has 0 N–H and O–H groups in total. The second-order valence-corrected chi connectivity index (χ2v) is 6.66. The second kappa shape index (κ2) is 7.96. The van der Waals surface area contributed by atoms with Gasteiger partial charge in [0.15, 0.2) is 10.9 Å². The van der Waals surface area contributed by atoms with Gasteiger partial charge >= 0.3 is 5.69 Å². The SMILES string of the molecule is CC(=O)N(c1ccccc1)c1nc(COc2ccc(C)cc2[N+](=O)[O-])cs1. The van der Waals surface area contributed by atoms with Gasteiger partial charge in [-0.1, -0.05) is 24.3 Å². The van der Waals surface area contributed by atoms with Crippen LogP contribution in [0.4, 0.5) is 16.5 Å². The number of hydrogen-bond acceptors (Lipinski definition) is 6. The van der Waals surface area contributed by atoms with Gasteiger partial charge in [0.1, 0.15) is 6.61 Å². The molecule has 1 amide bonds. The van der Waals surface area contributed by atoms with Crippen LogP contribution in [-0.4, -0.2) is 15.8 Å². The minimum Gasteiger partial charge on any atom is -0.480 e. The number of rotatable bonds is 6. The van der Waals surface area contributed by atoms with E-state index in [1.165, 1.54) is 29.2 Å². The molecule has 0 fully saturated rings. The van der Waals surface area contributed by atoms with Gasteiger partial charge < -0.3 is 4.74 Å². The van der Waals surface area contributed by atoms with E-state index < -0.39 is 4.92 Å². The maximum Gasteiger partial charge on any atom is 0.311 e. The van der Waals surface area contributed by atoms with Crippen LogP contribution >= 0.6 is 11.3 Å². The summed E-state index contributed by atoms with van der Waals surface area (Å²) in [6.07, 6.45) is 0. The Balaban J connectivity index is 1.79. The first-order valence-electron chi connectivity index (χ1n) is 8.13. The van der Waals surface area contributed by atoms with Crippen molar-refractivity contribution in [2.75, 3.05) is 4.90 Å². The van der Waals surface area contributed by atoms with Crippen molar-refractivity contribution >= 4 is 33.8 Å². The van der Waals surface area contributed by atoms with Crippen LogP contribution in [0.2, 0.25) is 0 Å². The number of thiazole rings is 1. The average Bonchev–Trinajstić information content (AvgIpc) is 3.09. The molecule has 3 rings (SSSR count). The Hall–Kier alpha value is -3.26. The summed E-state index contributed by atoms with van der Waals surface area (Å²) < 4.78 is 5.60. The number of anilines is 2. The van der Waals surface area contributed by atoms with E-state index in [-0.39, 0.29) is 24.0 Å². The van der Waals surface area contributed by atoms with Crippen molar-refractivity contribution in [1.82, 2.24) is 4.98 Å². The molecule has 0 radical (unpaired) electrons. The number of amides is 1. The molecule has 7 nitrogen and oxygen atoms in total. The van der Waals surface area contributed by atoms with Crippen LogP contribution in [0, 0.1) is 17.0 Å². The number of aromatic nitrogens is 1. The minimum atomic E-state index is -0.471. The van der Waals surface area contributed by atoms with Gasteiger partial charge in [-0.25, -0.2) is 4.98 Å². The van der Waals surface area contributed by atoms with Crippen LogP contribution in [-0.2, 0) is 11.4 Å². The van der Waals surface area contributed by atoms with Crippen molar-refractivity contribution in [3.05, 3.63) is 75.3 Å². The lowest BCUT2D eigenvalue weighted by Crippen LogP contribution is -2.22. The van der Waals surface area contributed by atoms with Crippen molar-refractivity contribution in [2.24, 2.45) is 0 Å². The Kier molecular flexibility index (Phi) is 5.46. The van der Waals surface area contributed by atoms with Crippen molar-refractivity contribution < 1.29 is 14.5 Å². The van der Waals surface area contributed by atoms with Crippen LogP contribution < -0.4 is 9.64 Å². The number of nitrogens with zero attached hydrogens (tertiary/aromatic N) is 3. The molecule has 0 spiro atoms. The summed E-state index contributed by atoms with van der Waals surface area (Å²) in [6, 6.07) is 14.0. The van der Waals surface area contributed by atoms with Gasteiger partial charge in [0.05, 0.1) is 16.3 Å². The minimum absolute atomic E-state index is 0.0704. The molecule has 138 valence electrons. The van der Waals surface area contributed by atoms with Crippen LogP contribution in [0.25, 0.3) is 0 Å². The van der Waals surface area contributed by atoms with Crippen molar-refractivity contribution in [2.45, 2.75) is 20.5 Å². The van der Waals surface area contributed by atoms with Gasteiger partial charge in [-0.15, -0.1) is 11.3 Å². The number of nitro groups is 1. The van der Waals surface area contributed by atoms with Gasteiger partial charge in [0.2, 0.25) is 5.91 Å². The Morgan fingerprint density at radius 1 is 1.26 bits per heavy atom. The number of carbonyl (C=O) groups excluding carboxylic acids is 1. The van der Waals surface area contributed by atoms with E-state index in [4.69, 9.17) is 4.74 Å². The van der Waals surface area contributed by atoms with Gasteiger partial charge in [-0.05, 0) is 30.7 Å². The molecule has 3 aromatic rings. The molecule has 0 bridgehead atoms. The van der Waals surface area contributed by atoms with E-state index in [9.17, 15) is 14.9 Å². The van der Waals surface area contributed by atoms with E-state index in [0.717, 1.165) is 11.3 Å². The molecule has 8 heteroatoms. The third-order valence-corrected chi connectivity index (χ3v) is 4.62. The quantitative estimate of drug-likeness (QED) is 0.458. The van der Waals surface area contributed by atoms with Gasteiger partial charge in [0.25, 0.3) is 0 Å². The number of ether oxygens (including phenoxy) is 1. The predicted molar refractivity (Wildman–Crippen MR) is 104 cm³/mol. The molecular weight excluding hydrogens is 366 g/mol. The summed E-state index contributed by atoms with van der Waals surface area (Å²) in [5, 5.41) is 13.5. The summed E-state index contributed by atoms with van der Waals surface area (Å²) in [7, 11) is 0. The van der Waals surface area contributed by atoms with Gasteiger partial charge in [-0.2, -0.15) is 0 Å². The number of hydrogen-bond donors (Lipinski definition) is 0. The number of benzene rings is 2. The zero-order chi connectivity index (χ0) is 19.4. The first-order chi connectivity index (χ1) is 13.0. The second-order valence-electron chi connectivity index (χ2n) is 5.83. The standard InChI is InChI=1S/C19H17N3O4S/c1-13-8-9-18(17(10-13)22(24)25)26-11-15-12-27-19(20-15)21(14(2)23)16-6-4-3-5-7-16/h3-10,12H,11H2,1-2H3. The smallest absolute Gasteiger partial charge is 0.311 e. The molecule has 0 unspecified atom stereocenters. The molecule has 1 heterocycles. The zero-order valence-electron chi connectivity index (χ0n) is 14.8. The third kappa shape index (κ3) is 4.29. The number of para-hydroxylation sites is 1. The lowest BCUT2D eigenvalue weighted by Gasteiger charge is -2.17. The van der Waals surface area contributed by atoms with Crippen LogP contribution in [0.5, 0.6) is 5.75 Å². The van der Waals surface area contributed by atoms with E-state index in [2.05, 4.69) is 4.98 Å². The number of carbonyl (C=O) groups is 1. The Morgan fingerprint density at radius 2 is 2.00 bits per heavy atom. The molecular formula is C19H17N3O4S. The first-order valence-corrected chi connectivity index (χ1v) is 9.01. The molecule has 27 heavy (non-hydrogen) atoms. The molecule has 2 aromatic carbocycles. The summed E-state index contributed by atoms with van der Waals surface area (Å²) in [4.78, 5) is 28.7. The Morgan fingerprint density at radius 3 is 2.67 bits per heavy atom. The third-order valence-electron chi connectivity index (χ3n) is 3.75. The lowest BCUT2D eigenvalue weighted by atomic mass is 10.2. The van der Waals surface area contributed by atoms with Crippen LogP contribution in [0.15, 0.2) is 53.9 Å². The fourth-order valence-corrected chi connectivity index (χ4v) is 3.38. The summed E-state index contributed by atoms with van der Waals surface area (Å²) in [5.41, 5.74) is 2.01. The highest BCUT2D eigenvalue weighted by Gasteiger charge is 2.19. The van der Waals surface area contributed by atoms with E-state index >= 15 is 0 Å². The van der Waals surface area contributed by atoms with Crippen molar-refractivity contribution in [3.8, 4) is 5.75 Å². The largest absolute Gasteiger partial charge is 0.480 e. The van der Waals surface area contributed by atoms with Gasteiger partial charge in [-0.3, -0.25) is 19.8 Å². The summed E-state index contributed by atoms with van der Waals surface area (Å²) in [5.74, 6) is 0.0313. The van der Waals surface area contributed by atoms with E-state index in [1.54, 1.807) is 24.4 Å². The van der Waals surface area contributed by atoms with Crippen molar-refractivity contribution in [3.63, 3.8) is 0 Å². The monoisotopic (exact) mass is 383 g/mol. The topological polar surface area (TPSA) is 85.6 Å². The molecule has 0 saturated heterocycles. The highest BCUT2D eigenvalue weighted by Crippen LogP contribution is 2.31. The maximum absolute atomic E-state index is 12.1. The van der Waals surface area contributed by atoms with Crippen molar-refractivity contribution in [1.29, 1.82) is 0 Å². The molecule has 0 aliphatic rings. The predicted octanol–water partition coefficient (Wildman–Crippen LogP) is 4.62. The lowest BCUT2D eigenvalue weighted by molar-refractivity contribution is -0.386. The van der Waals surface area contributed by atoms with Crippen LogP contribution in [0.3, 0.4) is 0 Å². The highest BCUT2D eigenvalue weighted by molar-refractivity contribution is 7.14. The zero-order valence-corrected chi connectivity index (χ0v) is 15.6. The number of nitro benzene ring substituents is 1. The summed E-state index contributed by atoms with van der Waals surface area (Å²) >= 11 is 1.31. The highest BCUT2D eigenvalue weighted by atomic mass is 32.1. The van der Waals surface area contributed by atoms with E-state index in [0.29, 0.717) is 10.8 Å². The normalized spacial score (nSPS) is 10.4. The Bertz CT molecular complexity index is 972. The Labute approximate surface area is 160 Å². The molecule has 0 aliphatic heterocycles. The maximum atomic E-state index is 12.1. The van der Waals surface area contributed by atoms with E-state index in [1.807, 2.05) is 30.3 Å². The average molecular weight is 383 g/mol.